The molecule has 0 saturated carbocycles. The average Bonchev–Trinajstić information content (AvgIpc) is 2.91. The Morgan fingerprint density at radius 2 is 1.42 bits per heavy atom. The van der Waals surface area contributed by atoms with Crippen LogP contribution in [-0.4, -0.2) is 43.8 Å². The smallest absolute Gasteiger partial charge is 0.264 e. The van der Waals surface area contributed by atoms with E-state index in [1.54, 1.807) is 49.4 Å². The first-order valence-electron chi connectivity index (χ1n) is 12.2. The van der Waals surface area contributed by atoms with Crippen LogP contribution >= 0.6 is 31.9 Å². The van der Waals surface area contributed by atoms with Gasteiger partial charge in [-0.25, -0.2) is 8.42 Å². The molecule has 0 aliphatic carbocycles. The van der Waals surface area contributed by atoms with Crippen LogP contribution in [0.4, 0.5) is 5.69 Å². The summed E-state index contributed by atoms with van der Waals surface area (Å²) >= 11 is 6.79. The predicted molar refractivity (Wildman–Crippen MR) is 157 cm³/mol. The fraction of sp³-hybridized carbons (Fsp3) is 0.286. The minimum atomic E-state index is -4.08. The molecule has 0 aliphatic heterocycles. The van der Waals surface area contributed by atoms with E-state index in [-0.39, 0.29) is 23.4 Å². The number of nitrogens with one attached hydrogen (secondary N) is 1. The third kappa shape index (κ3) is 7.68. The minimum Gasteiger partial charge on any atom is -0.352 e. The molecule has 0 aliphatic rings. The second-order valence-electron chi connectivity index (χ2n) is 8.94. The summed E-state index contributed by atoms with van der Waals surface area (Å²) in [7, 11) is -4.08. The Kier molecular flexibility index (Phi) is 10.5. The van der Waals surface area contributed by atoms with Crippen molar-refractivity contribution < 1.29 is 18.0 Å². The lowest BCUT2D eigenvalue weighted by molar-refractivity contribution is -0.139. The highest BCUT2D eigenvalue weighted by molar-refractivity contribution is 9.10. The van der Waals surface area contributed by atoms with Crippen LogP contribution in [0.3, 0.4) is 0 Å². The van der Waals surface area contributed by atoms with E-state index in [1.165, 1.54) is 17.0 Å². The normalized spacial score (nSPS) is 12.9. The predicted octanol–water partition coefficient (Wildman–Crippen LogP) is 5.74. The molecule has 3 aromatic carbocycles. The van der Waals surface area contributed by atoms with Crippen LogP contribution in [0.2, 0.25) is 0 Å². The van der Waals surface area contributed by atoms with Crippen molar-refractivity contribution in [3.8, 4) is 0 Å². The number of hydrogen-bond donors (Lipinski definition) is 1. The van der Waals surface area contributed by atoms with Gasteiger partial charge in [0, 0.05) is 21.5 Å². The summed E-state index contributed by atoms with van der Waals surface area (Å²) < 4.78 is 30.2. The van der Waals surface area contributed by atoms with Crippen molar-refractivity contribution in [2.45, 2.75) is 50.7 Å². The molecule has 2 atom stereocenters. The third-order valence-electron chi connectivity index (χ3n) is 6.16. The number of carbonyl (C=O) groups excluding carboxylic acids is 2. The SMILES string of the molecule is CCC(C)NC(=O)C(C)N(Cc1ccc(Br)cc1)C(=O)CN(c1ccc(Br)cc1)S(=O)(=O)c1ccccc1. The second kappa shape index (κ2) is 13.4. The number of halogens is 2. The van der Waals surface area contributed by atoms with Gasteiger partial charge >= 0.3 is 0 Å². The van der Waals surface area contributed by atoms with Gasteiger partial charge in [-0.15, -0.1) is 0 Å². The molecule has 1 N–H and O–H groups in total. The quantitative estimate of drug-likeness (QED) is 0.283. The Balaban J connectivity index is 2.00. The lowest BCUT2D eigenvalue weighted by atomic mass is 10.1. The van der Waals surface area contributed by atoms with Gasteiger partial charge in [-0.2, -0.15) is 0 Å². The summed E-state index contributed by atoms with van der Waals surface area (Å²) in [6, 6.07) is 21.2. The summed E-state index contributed by atoms with van der Waals surface area (Å²) in [5, 5.41) is 2.93. The number of nitrogens with zero attached hydrogens (tertiary/aromatic N) is 2. The van der Waals surface area contributed by atoms with Gasteiger partial charge in [0.15, 0.2) is 0 Å². The van der Waals surface area contributed by atoms with E-state index in [9.17, 15) is 18.0 Å². The van der Waals surface area contributed by atoms with Crippen LogP contribution in [0.5, 0.6) is 0 Å². The Morgan fingerprint density at radius 1 is 0.868 bits per heavy atom. The number of rotatable bonds is 11. The van der Waals surface area contributed by atoms with Crippen LogP contribution in [0.15, 0.2) is 92.7 Å². The molecule has 0 spiro atoms. The highest BCUT2D eigenvalue weighted by Gasteiger charge is 2.32. The van der Waals surface area contributed by atoms with Crippen molar-refractivity contribution >= 4 is 59.4 Å². The van der Waals surface area contributed by atoms with Crippen molar-refractivity contribution in [1.29, 1.82) is 0 Å². The highest BCUT2D eigenvalue weighted by Crippen LogP contribution is 2.26. The van der Waals surface area contributed by atoms with Gasteiger partial charge in [0.25, 0.3) is 10.0 Å². The summed E-state index contributed by atoms with van der Waals surface area (Å²) in [5.41, 5.74) is 1.15. The fourth-order valence-electron chi connectivity index (χ4n) is 3.69. The molecule has 3 rings (SSSR count). The number of anilines is 1. The van der Waals surface area contributed by atoms with Gasteiger partial charge in [0.1, 0.15) is 12.6 Å². The lowest BCUT2D eigenvalue weighted by Gasteiger charge is -2.32. The largest absolute Gasteiger partial charge is 0.352 e. The number of carbonyl (C=O) groups is 2. The van der Waals surface area contributed by atoms with Crippen LogP contribution in [0, 0.1) is 0 Å². The molecular formula is C28H31Br2N3O4S. The maximum atomic E-state index is 13.9. The van der Waals surface area contributed by atoms with Crippen LogP contribution < -0.4 is 9.62 Å². The summed E-state index contributed by atoms with van der Waals surface area (Å²) in [6.07, 6.45) is 0.742. The van der Waals surface area contributed by atoms with Crippen molar-refractivity contribution in [2.24, 2.45) is 0 Å². The van der Waals surface area contributed by atoms with Crippen LogP contribution in [-0.2, 0) is 26.2 Å². The number of benzene rings is 3. The molecule has 38 heavy (non-hydrogen) atoms. The van der Waals surface area contributed by atoms with E-state index in [0.29, 0.717) is 5.69 Å². The first-order valence-corrected chi connectivity index (χ1v) is 15.2. The van der Waals surface area contributed by atoms with E-state index < -0.39 is 28.5 Å². The number of hydrogen-bond acceptors (Lipinski definition) is 4. The summed E-state index contributed by atoms with van der Waals surface area (Å²) in [4.78, 5) is 28.4. The third-order valence-corrected chi connectivity index (χ3v) is 9.00. The van der Waals surface area contributed by atoms with E-state index >= 15 is 0 Å². The zero-order valence-corrected chi connectivity index (χ0v) is 25.5. The second-order valence-corrected chi connectivity index (χ2v) is 12.6. The molecule has 202 valence electrons. The standard InChI is InChI=1S/C28H31Br2N3O4S/c1-4-20(2)31-28(35)21(3)32(18-22-10-12-23(29)13-11-22)27(34)19-33(25-16-14-24(30)15-17-25)38(36,37)26-8-6-5-7-9-26/h5-17,20-21H,4,18-19H2,1-3H3,(H,31,35). The van der Waals surface area contributed by atoms with E-state index in [4.69, 9.17) is 0 Å². The molecule has 0 aromatic heterocycles. The van der Waals surface area contributed by atoms with Gasteiger partial charge < -0.3 is 10.2 Å². The number of sulfonamides is 1. The molecule has 3 aromatic rings. The van der Waals surface area contributed by atoms with Crippen molar-refractivity contribution in [3.05, 3.63) is 93.4 Å². The summed E-state index contributed by atoms with van der Waals surface area (Å²) in [5.74, 6) is -0.798. The van der Waals surface area contributed by atoms with Gasteiger partial charge in [-0.1, -0.05) is 69.1 Å². The molecule has 7 nitrogen and oxygen atoms in total. The fourth-order valence-corrected chi connectivity index (χ4v) is 5.65. The minimum absolute atomic E-state index is 0.0627. The highest BCUT2D eigenvalue weighted by atomic mass is 79.9. The lowest BCUT2D eigenvalue weighted by Crippen LogP contribution is -2.52. The molecule has 10 heteroatoms. The first-order chi connectivity index (χ1) is 18.0. The molecule has 0 fully saturated rings. The molecule has 0 heterocycles. The average molecular weight is 665 g/mol. The van der Waals surface area contributed by atoms with E-state index in [0.717, 1.165) is 25.2 Å². The monoisotopic (exact) mass is 663 g/mol. The maximum Gasteiger partial charge on any atom is 0.264 e. The van der Waals surface area contributed by atoms with Crippen molar-refractivity contribution in [3.63, 3.8) is 0 Å². The van der Waals surface area contributed by atoms with Gasteiger partial charge in [0.2, 0.25) is 11.8 Å². The van der Waals surface area contributed by atoms with Crippen molar-refractivity contribution in [2.75, 3.05) is 10.8 Å². The summed E-state index contributed by atoms with van der Waals surface area (Å²) in [6.45, 7) is 5.18. The molecule has 0 saturated heterocycles. The van der Waals surface area contributed by atoms with Crippen LogP contribution in [0.1, 0.15) is 32.8 Å². The zero-order chi connectivity index (χ0) is 27.9. The molecule has 2 unspecified atom stereocenters. The Labute approximate surface area is 241 Å². The Hall–Kier alpha value is -2.69. The molecule has 0 bridgehead atoms. The van der Waals surface area contributed by atoms with Gasteiger partial charge in [0.05, 0.1) is 10.6 Å². The van der Waals surface area contributed by atoms with Gasteiger partial charge in [-0.05, 0) is 74.4 Å². The van der Waals surface area contributed by atoms with E-state index in [1.807, 2.05) is 38.1 Å². The van der Waals surface area contributed by atoms with Crippen LogP contribution in [0.25, 0.3) is 0 Å². The number of amides is 2. The maximum absolute atomic E-state index is 13.9. The topological polar surface area (TPSA) is 86.8 Å². The van der Waals surface area contributed by atoms with E-state index in [2.05, 4.69) is 37.2 Å². The first kappa shape index (κ1) is 29.9. The molecular weight excluding hydrogens is 634 g/mol. The molecule has 0 radical (unpaired) electrons. The Morgan fingerprint density at radius 3 is 1.97 bits per heavy atom. The van der Waals surface area contributed by atoms with Crippen molar-refractivity contribution in [1.82, 2.24) is 10.2 Å². The zero-order valence-electron chi connectivity index (χ0n) is 21.5. The molecule has 2 amide bonds. The van der Waals surface area contributed by atoms with Gasteiger partial charge in [-0.3, -0.25) is 13.9 Å². The Bertz CT molecular complexity index is 1330.